The molecule has 0 saturated heterocycles. The molecule has 270 valence electrons. The minimum absolute atomic E-state index is 0.422. The number of benzene rings is 6. The highest BCUT2D eigenvalue weighted by Gasteiger charge is 2.22. The van der Waals surface area contributed by atoms with E-state index in [1.807, 2.05) is 0 Å². The van der Waals surface area contributed by atoms with Gasteiger partial charge < -0.3 is 9.98 Å². The molecule has 3 heteroatoms. The standard InChI is InChI=1S/C53H44N2Si/c54-49(38-18-5-2-6-19-38)35-39(36-15-3-1-4-16-36)30-29-37-17-7-8-22-43(37)41-31-32-51-48(34-41)45-23-9-11-27-50(45)55(51)42-21-13-20-40(33-42)44-25-14-26-47-46-24-10-12-28-52(46)56-53(44)47/h1-3,5,7-14,17-18,20-36,54H,4,6,15-16,19,56H2/b30-29+,39-35+,54-49?. The van der Waals surface area contributed by atoms with E-state index in [0.29, 0.717) is 11.6 Å². The number of hydrogen-bond acceptors (Lipinski definition) is 1. The van der Waals surface area contributed by atoms with Crippen molar-refractivity contribution in [3.8, 4) is 39.1 Å². The summed E-state index contributed by atoms with van der Waals surface area (Å²) in [7, 11) is -0.553. The lowest BCUT2D eigenvalue weighted by Gasteiger charge is -2.20. The van der Waals surface area contributed by atoms with Crippen LogP contribution in [0.3, 0.4) is 0 Å². The van der Waals surface area contributed by atoms with E-state index >= 15 is 0 Å². The molecule has 0 saturated carbocycles. The molecule has 3 aliphatic rings. The number of allylic oxidation sites excluding steroid dienone is 9. The summed E-state index contributed by atoms with van der Waals surface area (Å²) in [6.45, 7) is 0. The van der Waals surface area contributed by atoms with E-state index in [-0.39, 0.29) is 0 Å². The SMILES string of the molecule is N=C(/C=C(\C=C\c1ccccc1-c1ccc2c(c1)c1ccccc1n2-c1cccc(-c2cccc3c2[SiH2]c2ccccc2-3)c1)C1CC=CCC1)C1=CC=CCC1. The molecule has 7 aromatic rings. The molecule has 0 amide bonds. The van der Waals surface area contributed by atoms with E-state index < -0.39 is 9.52 Å². The number of para-hydroxylation sites is 1. The fraction of sp³-hybridized carbons (Fsp3) is 0.113. The van der Waals surface area contributed by atoms with Crippen molar-refractivity contribution in [3.63, 3.8) is 0 Å². The van der Waals surface area contributed by atoms with Gasteiger partial charge in [0.1, 0.15) is 0 Å². The molecule has 1 atom stereocenters. The Balaban J connectivity index is 1.03. The molecule has 2 heterocycles. The van der Waals surface area contributed by atoms with Crippen LogP contribution in [0.15, 0.2) is 187 Å². The highest BCUT2D eigenvalue weighted by molar-refractivity contribution is 6.74. The molecule has 1 unspecified atom stereocenters. The lowest BCUT2D eigenvalue weighted by Crippen LogP contribution is -2.22. The zero-order valence-electron chi connectivity index (χ0n) is 31.6. The highest BCUT2D eigenvalue weighted by atomic mass is 28.2. The largest absolute Gasteiger partial charge is 0.309 e. The summed E-state index contributed by atoms with van der Waals surface area (Å²) in [6, 6.07) is 49.6. The second-order valence-corrected chi connectivity index (χ2v) is 17.2. The van der Waals surface area contributed by atoms with Gasteiger partial charge in [0.05, 0.1) is 26.3 Å². The van der Waals surface area contributed by atoms with Gasteiger partial charge in [0.2, 0.25) is 0 Å². The first kappa shape index (κ1) is 34.2. The number of hydrogen-bond donors (Lipinski definition) is 1. The van der Waals surface area contributed by atoms with E-state index in [1.54, 1.807) is 10.4 Å². The van der Waals surface area contributed by atoms with Gasteiger partial charge >= 0.3 is 0 Å². The topological polar surface area (TPSA) is 28.8 Å². The van der Waals surface area contributed by atoms with Crippen molar-refractivity contribution in [2.75, 3.05) is 0 Å². The van der Waals surface area contributed by atoms with Gasteiger partial charge in [-0.1, -0.05) is 151 Å². The van der Waals surface area contributed by atoms with E-state index in [1.165, 1.54) is 72.0 Å². The van der Waals surface area contributed by atoms with Gasteiger partial charge in [-0.15, -0.1) is 0 Å². The number of aromatic nitrogens is 1. The van der Waals surface area contributed by atoms with Crippen molar-refractivity contribution in [2.45, 2.75) is 32.1 Å². The van der Waals surface area contributed by atoms with Crippen LogP contribution in [0.5, 0.6) is 0 Å². The first-order chi connectivity index (χ1) is 27.7. The molecule has 56 heavy (non-hydrogen) atoms. The summed E-state index contributed by atoms with van der Waals surface area (Å²) >= 11 is 0. The molecule has 2 nitrogen and oxygen atoms in total. The molecular formula is C53H44N2Si. The lowest BCUT2D eigenvalue weighted by atomic mass is 9.85. The zero-order valence-corrected chi connectivity index (χ0v) is 33.0. The molecule has 1 N–H and O–H groups in total. The normalized spacial score (nSPS) is 16.8. The summed E-state index contributed by atoms with van der Waals surface area (Å²) in [5.74, 6) is 0.422. The van der Waals surface area contributed by atoms with Crippen LogP contribution in [0.4, 0.5) is 0 Å². The van der Waals surface area contributed by atoms with Crippen LogP contribution in [0.25, 0.3) is 66.9 Å². The van der Waals surface area contributed by atoms with Gasteiger partial charge in [0.25, 0.3) is 0 Å². The Hall–Kier alpha value is -6.29. The van der Waals surface area contributed by atoms with Crippen molar-refractivity contribution in [1.82, 2.24) is 4.57 Å². The maximum Gasteiger partial charge on any atom is 0.0899 e. The van der Waals surface area contributed by atoms with Crippen LogP contribution >= 0.6 is 0 Å². The first-order valence-corrected chi connectivity index (χ1v) is 21.5. The average molecular weight is 737 g/mol. The third-order valence-electron chi connectivity index (χ3n) is 12.1. The molecule has 0 radical (unpaired) electrons. The Morgan fingerprint density at radius 3 is 2.34 bits per heavy atom. The number of rotatable bonds is 8. The van der Waals surface area contributed by atoms with Crippen LogP contribution < -0.4 is 10.4 Å². The Kier molecular flexibility index (Phi) is 9.01. The molecule has 1 aliphatic heterocycles. The van der Waals surface area contributed by atoms with Crippen LogP contribution in [-0.4, -0.2) is 19.8 Å². The third kappa shape index (κ3) is 6.28. The fourth-order valence-corrected chi connectivity index (χ4v) is 11.4. The second-order valence-electron chi connectivity index (χ2n) is 15.4. The Morgan fingerprint density at radius 1 is 0.661 bits per heavy atom. The smallest absolute Gasteiger partial charge is 0.0899 e. The van der Waals surface area contributed by atoms with E-state index in [4.69, 9.17) is 5.41 Å². The van der Waals surface area contributed by atoms with Crippen LogP contribution in [0.2, 0.25) is 0 Å². The van der Waals surface area contributed by atoms with Gasteiger partial charge in [0.15, 0.2) is 0 Å². The summed E-state index contributed by atoms with van der Waals surface area (Å²) in [6.07, 6.45) is 22.9. The molecular weight excluding hydrogens is 693 g/mol. The van der Waals surface area contributed by atoms with Gasteiger partial charge in [0, 0.05) is 16.5 Å². The predicted molar refractivity (Wildman–Crippen MR) is 243 cm³/mol. The van der Waals surface area contributed by atoms with Crippen molar-refractivity contribution in [3.05, 3.63) is 193 Å². The maximum absolute atomic E-state index is 8.98. The molecule has 2 aliphatic carbocycles. The minimum atomic E-state index is -0.553. The molecule has 6 aromatic carbocycles. The van der Waals surface area contributed by atoms with Crippen molar-refractivity contribution < 1.29 is 0 Å². The number of fused-ring (bicyclic) bond motifs is 6. The third-order valence-corrected chi connectivity index (χ3v) is 14.2. The Labute approximate surface area is 331 Å². The van der Waals surface area contributed by atoms with Gasteiger partial charge in [-0.3, -0.25) is 0 Å². The highest BCUT2D eigenvalue weighted by Crippen LogP contribution is 2.38. The quantitative estimate of drug-likeness (QED) is 0.0697. The summed E-state index contributed by atoms with van der Waals surface area (Å²) in [4.78, 5) is 0. The van der Waals surface area contributed by atoms with Gasteiger partial charge in [-0.25, -0.2) is 0 Å². The van der Waals surface area contributed by atoms with Gasteiger partial charge in [-0.05, 0) is 130 Å². The minimum Gasteiger partial charge on any atom is -0.309 e. The predicted octanol–water partition coefficient (Wildman–Crippen LogP) is 11.8. The monoisotopic (exact) mass is 736 g/mol. The van der Waals surface area contributed by atoms with Crippen molar-refractivity contribution >= 4 is 53.5 Å². The summed E-state index contributed by atoms with van der Waals surface area (Å²) < 4.78 is 2.45. The molecule has 0 bridgehead atoms. The first-order valence-electron chi connectivity index (χ1n) is 20.1. The number of nitrogens with zero attached hydrogens (tertiary/aromatic N) is 1. The van der Waals surface area contributed by atoms with E-state index in [0.717, 1.165) is 37.7 Å². The lowest BCUT2D eigenvalue weighted by molar-refractivity contribution is 0.564. The van der Waals surface area contributed by atoms with Crippen molar-refractivity contribution in [1.29, 1.82) is 5.41 Å². The van der Waals surface area contributed by atoms with E-state index in [2.05, 4.69) is 187 Å². The fourth-order valence-electron chi connectivity index (χ4n) is 9.23. The molecule has 10 rings (SSSR count). The van der Waals surface area contributed by atoms with E-state index in [9.17, 15) is 0 Å². The number of nitrogens with one attached hydrogen (secondary N) is 1. The molecule has 0 fully saturated rings. The Bertz CT molecular complexity index is 2840. The summed E-state index contributed by atoms with van der Waals surface area (Å²) in [5.41, 5.74) is 15.7. The average Bonchev–Trinajstić information content (AvgIpc) is 3.81. The second kappa shape index (κ2) is 14.7. The van der Waals surface area contributed by atoms with Crippen LogP contribution in [0.1, 0.15) is 37.7 Å². The molecule has 0 spiro atoms. The molecule has 1 aromatic heterocycles. The van der Waals surface area contributed by atoms with Crippen LogP contribution in [-0.2, 0) is 0 Å². The van der Waals surface area contributed by atoms with Crippen molar-refractivity contribution in [2.24, 2.45) is 5.92 Å². The zero-order chi connectivity index (χ0) is 37.4. The Morgan fingerprint density at radius 2 is 1.45 bits per heavy atom. The summed E-state index contributed by atoms with van der Waals surface area (Å²) in [5, 5.41) is 14.6. The van der Waals surface area contributed by atoms with Crippen LogP contribution in [0, 0.1) is 11.3 Å². The maximum atomic E-state index is 8.98. The van der Waals surface area contributed by atoms with Gasteiger partial charge in [-0.2, -0.15) is 0 Å².